The molecule has 0 aliphatic heterocycles. The van der Waals surface area contributed by atoms with Crippen molar-refractivity contribution >= 4 is 8.38 Å². The fourth-order valence-corrected chi connectivity index (χ4v) is 0. The first-order chi connectivity index (χ1) is 2.27. The van der Waals surface area contributed by atoms with Crippen LogP contribution in [0.1, 0.15) is 6.92 Å². The topological polar surface area (TPSA) is 46.1 Å². The van der Waals surface area contributed by atoms with Gasteiger partial charge in [-0.05, 0) is 0 Å². The van der Waals surface area contributed by atoms with Crippen LogP contribution in [-0.2, 0) is 0 Å². The Labute approximate surface area is 130 Å². The van der Waals surface area contributed by atoms with Crippen LogP contribution in [0.25, 0.3) is 0 Å². The van der Waals surface area contributed by atoms with Gasteiger partial charge in [-0.15, -0.1) is 0 Å². The van der Waals surface area contributed by atoms with E-state index in [1.54, 1.807) is 6.92 Å². The van der Waals surface area contributed by atoms with Crippen LogP contribution >= 0.6 is 8.38 Å². The van der Waals surface area contributed by atoms with Crippen molar-refractivity contribution in [1.29, 1.82) is 0 Å². The fraction of sp³-hybridized carbons (Fsp3) is 1.00. The second-order valence-electron chi connectivity index (χ2n) is 0.649. The zero-order chi connectivity index (χ0) is 4.28. The van der Waals surface area contributed by atoms with Gasteiger partial charge >= 0.3 is 103 Å². The molecule has 0 unspecified atom stereocenters. The fourth-order valence-electron chi connectivity index (χ4n) is 0. The van der Waals surface area contributed by atoms with Gasteiger partial charge in [0.2, 0.25) is 0 Å². The summed E-state index contributed by atoms with van der Waals surface area (Å²) in [4.78, 5) is 18.8. The summed E-state index contributed by atoms with van der Waals surface area (Å²) in [6.07, 6.45) is 0.259. The van der Waals surface area contributed by atoms with E-state index in [4.69, 9.17) is 0 Å². The Morgan fingerprint density at radius 3 is 1.43 bits per heavy atom. The van der Waals surface area contributed by atoms with Gasteiger partial charge in [0, 0.05) is 0 Å². The summed E-state index contributed by atoms with van der Waals surface area (Å²) in [7, 11) is -2.10. The van der Waals surface area contributed by atoms with Crippen molar-refractivity contribution in [2.75, 3.05) is 6.16 Å². The van der Waals surface area contributed by atoms with Gasteiger partial charge in [0.15, 0.2) is 0 Å². The molecule has 0 rings (SSSR count). The third-order valence-corrected chi connectivity index (χ3v) is 0.775. The second-order valence-corrected chi connectivity index (χ2v) is 1.95. The van der Waals surface area contributed by atoms with Gasteiger partial charge in [-0.3, -0.25) is 0 Å². The summed E-state index contributed by atoms with van der Waals surface area (Å²) in [5, 5.41) is 0. The van der Waals surface area contributed by atoms with Gasteiger partial charge in [0.05, 0.1) is 0 Å². The Morgan fingerprint density at radius 2 is 1.43 bits per heavy atom. The van der Waals surface area contributed by atoms with Gasteiger partial charge in [0.1, 0.15) is 0 Å². The zero-order valence-corrected chi connectivity index (χ0v) is 12.1. The predicted molar refractivity (Wildman–Crippen MR) is 17.5 cm³/mol. The van der Waals surface area contributed by atoms with Gasteiger partial charge in [-0.2, -0.15) is 0 Å². The molecule has 0 aliphatic carbocycles. The molecule has 0 aromatic heterocycles. The smallest absolute Gasteiger partial charge is 0.842 e. The van der Waals surface area contributed by atoms with E-state index in [1.165, 1.54) is 0 Å². The molecule has 32 valence electrons. The van der Waals surface area contributed by atoms with Crippen molar-refractivity contribution < 1.29 is 113 Å². The van der Waals surface area contributed by atoms with Crippen molar-refractivity contribution in [2.24, 2.45) is 0 Å². The van der Waals surface area contributed by atoms with Crippen LogP contribution in [0.4, 0.5) is 0 Å². The Hall–Kier alpha value is 3.62. The average Bonchev–Trinajstić information content (AvgIpc) is 1.38. The first-order valence-corrected chi connectivity index (χ1v) is 2.75. The molecule has 0 aliphatic rings. The average molecular weight is 170 g/mol. The van der Waals surface area contributed by atoms with E-state index < -0.39 is 8.38 Å². The minimum absolute atomic E-state index is 0. The Kier molecular flexibility index (Phi) is 29.8. The predicted octanol–water partition coefficient (Wildman–Crippen LogP) is -6.95. The largest absolute Gasteiger partial charge is 1.00 e. The Morgan fingerprint density at radius 1 is 1.29 bits per heavy atom. The molecule has 0 bridgehead atoms. The van der Waals surface area contributed by atoms with Gasteiger partial charge in [-0.1, -0.05) is 13.1 Å². The molecule has 0 saturated heterocycles. The molecule has 0 heterocycles. The quantitative estimate of drug-likeness (QED) is 0.290. The van der Waals surface area contributed by atoms with Crippen LogP contribution in [0.5, 0.6) is 0 Å². The molecule has 0 amide bonds. The monoisotopic (exact) mass is 170 g/mol. The molecule has 0 fully saturated rings. The Bertz CT molecular complexity index is 27.7. The molecule has 7 heavy (non-hydrogen) atoms. The normalized spacial score (nSPS) is 6.86. The standard InChI is InChI=1S/C2H5O2P.2K/c1-2-5(3)4;;/h2H2,1H3;;/q-2;2*+1. The van der Waals surface area contributed by atoms with Crippen molar-refractivity contribution in [3.63, 3.8) is 0 Å². The number of hydrogen-bond acceptors (Lipinski definition) is 2. The maximum absolute atomic E-state index is 9.41. The SMILES string of the molecule is CCP([O-])[O-].[K+].[K+]. The second kappa shape index (κ2) is 12.3. The summed E-state index contributed by atoms with van der Waals surface area (Å²) in [6, 6.07) is 0. The maximum atomic E-state index is 9.41. The minimum Gasteiger partial charge on any atom is -0.842 e. The summed E-state index contributed by atoms with van der Waals surface area (Å²) in [6.45, 7) is 1.60. The van der Waals surface area contributed by atoms with Gasteiger partial charge in [0.25, 0.3) is 0 Å². The van der Waals surface area contributed by atoms with E-state index in [0.29, 0.717) is 0 Å². The number of rotatable bonds is 1. The molecule has 0 spiro atoms. The molecule has 5 heteroatoms. The van der Waals surface area contributed by atoms with Crippen LogP contribution in [0, 0.1) is 0 Å². The molecule has 0 radical (unpaired) electrons. The van der Waals surface area contributed by atoms with Crippen LogP contribution < -0.4 is 113 Å². The first-order valence-electron chi connectivity index (χ1n) is 1.39. The first kappa shape index (κ1) is 16.9. The molecule has 0 aromatic rings. The van der Waals surface area contributed by atoms with Crippen LogP contribution in [0.3, 0.4) is 0 Å². The van der Waals surface area contributed by atoms with Gasteiger partial charge < -0.3 is 18.2 Å². The summed E-state index contributed by atoms with van der Waals surface area (Å²) in [5.41, 5.74) is 0. The van der Waals surface area contributed by atoms with Crippen LogP contribution in [-0.4, -0.2) is 6.16 Å². The minimum atomic E-state index is -2.10. The zero-order valence-electron chi connectivity index (χ0n) is 4.97. The summed E-state index contributed by atoms with van der Waals surface area (Å²) in [5.74, 6) is 0. The van der Waals surface area contributed by atoms with Crippen molar-refractivity contribution in [3.8, 4) is 0 Å². The molecular weight excluding hydrogens is 165 g/mol. The molecular formula is C2H5K2O2P. The van der Waals surface area contributed by atoms with Crippen molar-refractivity contribution in [2.45, 2.75) is 6.92 Å². The Balaban J connectivity index is -0.0000000800. The molecule has 0 aromatic carbocycles. The third-order valence-electron chi connectivity index (χ3n) is 0.258. The van der Waals surface area contributed by atoms with Gasteiger partial charge in [-0.25, -0.2) is 0 Å². The van der Waals surface area contributed by atoms with Crippen LogP contribution in [0.15, 0.2) is 0 Å². The van der Waals surface area contributed by atoms with E-state index in [1.807, 2.05) is 0 Å². The van der Waals surface area contributed by atoms with Crippen molar-refractivity contribution in [3.05, 3.63) is 0 Å². The number of hydrogen-bond donors (Lipinski definition) is 0. The molecule has 0 N–H and O–H groups in total. The molecule has 0 atom stereocenters. The molecule has 0 saturated carbocycles. The maximum Gasteiger partial charge on any atom is 1.00 e. The summed E-state index contributed by atoms with van der Waals surface area (Å²) < 4.78 is 0. The van der Waals surface area contributed by atoms with E-state index in [-0.39, 0.29) is 109 Å². The van der Waals surface area contributed by atoms with E-state index in [9.17, 15) is 9.79 Å². The van der Waals surface area contributed by atoms with Crippen LogP contribution in [0.2, 0.25) is 0 Å². The summed E-state index contributed by atoms with van der Waals surface area (Å²) >= 11 is 0. The van der Waals surface area contributed by atoms with E-state index >= 15 is 0 Å². The molecule has 2 nitrogen and oxygen atoms in total. The van der Waals surface area contributed by atoms with Crippen molar-refractivity contribution in [1.82, 2.24) is 0 Å². The van der Waals surface area contributed by atoms with E-state index in [0.717, 1.165) is 0 Å². The third kappa shape index (κ3) is 17.7. The van der Waals surface area contributed by atoms with E-state index in [2.05, 4.69) is 0 Å².